The van der Waals surface area contributed by atoms with E-state index < -0.39 is 0 Å². The van der Waals surface area contributed by atoms with Gasteiger partial charge in [0, 0.05) is 19.0 Å². The average Bonchev–Trinajstić information content (AvgIpc) is 3.55. The van der Waals surface area contributed by atoms with E-state index in [1.54, 1.807) is 11.7 Å². The Morgan fingerprint density at radius 2 is 1.74 bits per heavy atom. The zero-order chi connectivity index (χ0) is 21.4. The van der Waals surface area contributed by atoms with E-state index in [9.17, 15) is 9.59 Å². The highest BCUT2D eigenvalue weighted by atomic mass is 16.5. The molecule has 7 nitrogen and oxygen atoms in total. The van der Waals surface area contributed by atoms with Gasteiger partial charge < -0.3 is 9.64 Å². The number of methoxy groups -OCH3 is 1. The van der Waals surface area contributed by atoms with Gasteiger partial charge in [-0.1, -0.05) is 30.3 Å². The molecule has 160 valence electrons. The van der Waals surface area contributed by atoms with E-state index >= 15 is 0 Å². The molecule has 1 saturated heterocycles. The van der Waals surface area contributed by atoms with Crippen molar-refractivity contribution >= 4 is 5.91 Å². The van der Waals surface area contributed by atoms with Crippen molar-refractivity contribution in [1.82, 2.24) is 19.7 Å². The number of ether oxygens (including phenoxy) is 1. The Bertz CT molecular complexity index is 1120. The lowest BCUT2D eigenvalue weighted by Crippen LogP contribution is -2.44. The maximum atomic E-state index is 13.4. The van der Waals surface area contributed by atoms with Crippen molar-refractivity contribution in [2.24, 2.45) is 0 Å². The highest BCUT2D eigenvalue weighted by Gasteiger charge is 2.53. The van der Waals surface area contributed by atoms with Crippen LogP contribution in [0.5, 0.6) is 5.75 Å². The standard InChI is InChI=1S/C24H26N4O3/c1-31-20-9-7-18(8-10-20)24(13-14-24)22(29)27-15-11-17(12-16-27)21-25-26-23(30)28(21)19-5-3-2-4-6-19/h2-10,17H,11-16H2,1H3,(H,26,30). The molecule has 2 aromatic carbocycles. The molecule has 0 radical (unpaired) electrons. The molecule has 3 aromatic rings. The fourth-order valence-corrected chi connectivity index (χ4v) is 4.71. The number of hydrogen-bond donors (Lipinski definition) is 1. The first-order valence-electron chi connectivity index (χ1n) is 10.8. The van der Waals surface area contributed by atoms with Crippen molar-refractivity contribution in [2.75, 3.05) is 20.2 Å². The van der Waals surface area contributed by atoms with Gasteiger partial charge in [0.25, 0.3) is 0 Å². The summed E-state index contributed by atoms with van der Waals surface area (Å²) in [6, 6.07) is 17.4. The SMILES string of the molecule is COc1ccc(C2(C(=O)N3CCC(c4n[nH]c(=O)n4-c4ccccc4)CC3)CC2)cc1. The Kier molecular flexibility index (Phi) is 4.88. The predicted octanol–water partition coefficient (Wildman–Crippen LogP) is 3.01. The third kappa shape index (κ3) is 3.44. The molecular weight excluding hydrogens is 392 g/mol. The molecule has 0 unspecified atom stereocenters. The lowest BCUT2D eigenvalue weighted by atomic mass is 9.91. The molecule has 0 spiro atoms. The van der Waals surface area contributed by atoms with E-state index in [4.69, 9.17) is 4.74 Å². The molecule has 7 heteroatoms. The molecule has 0 atom stereocenters. The Hall–Kier alpha value is -3.35. The molecular formula is C24H26N4O3. The summed E-state index contributed by atoms with van der Waals surface area (Å²) in [6.07, 6.45) is 3.37. The van der Waals surface area contributed by atoms with Gasteiger partial charge in [-0.15, -0.1) is 0 Å². The molecule has 2 aliphatic rings. The summed E-state index contributed by atoms with van der Waals surface area (Å²) >= 11 is 0. The van der Waals surface area contributed by atoms with Crippen molar-refractivity contribution in [3.05, 3.63) is 76.5 Å². The van der Waals surface area contributed by atoms with E-state index in [0.29, 0.717) is 13.1 Å². The molecule has 0 bridgehead atoms. The number of H-pyrrole nitrogens is 1. The van der Waals surface area contributed by atoms with Crippen LogP contribution in [0.25, 0.3) is 5.69 Å². The predicted molar refractivity (Wildman–Crippen MR) is 117 cm³/mol. The summed E-state index contributed by atoms with van der Waals surface area (Å²) in [7, 11) is 1.65. The van der Waals surface area contributed by atoms with Crippen LogP contribution in [-0.2, 0) is 10.2 Å². The number of likely N-dealkylation sites (tertiary alicyclic amines) is 1. The normalized spacial score (nSPS) is 18.0. The number of piperidine rings is 1. The number of benzene rings is 2. The lowest BCUT2D eigenvalue weighted by Gasteiger charge is -2.34. The van der Waals surface area contributed by atoms with Crippen molar-refractivity contribution in [1.29, 1.82) is 0 Å². The van der Waals surface area contributed by atoms with Gasteiger partial charge in [-0.05, 0) is 55.5 Å². The molecule has 2 fully saturated rings. The maximum Gasteiger partial charge on any atom is 0.347 e. The second-order valence-electron chi connectivity index (χ2n) is 8.44. The molecule has 1 aromatic heterocycles. The Balaban J connectivity index is 1.30. The maximum absolute atomic E-state index is 13.4. The third-order valence-electron chi connectivity index (χ3n) is 6.66. The monoisotopic (exact) mass is 418 g/mol. The van der Waals surface area contributed by atoms with Gasteiger partial charge in [0.2, 0.25) is 5.91 Å². The third-order valence-corrected chi connectivity index (χ3v) is 6.66. The number of nitrogens with zero attached hydrogens (tertiary/aromatic N) is 3. The van der Waals surface area contributed by atoms with Crippen LogP contribution >= 0.6 is 0 Å². The number of carbonyl (C=O) groups excluding carboxylic acids is 1. The van der Waals surface area contributed by atoms with Crippen molar-refractivity contribution in [2.45, 2.75) is 37.0 Å². The Morgan fingerprint density at radius 3 is 2.35 bits per heavy atom. The first kappa shape index (κ1) is 19.6. The van der Waals surface area contributed by atoms with Crippen LogP contribution in [0, 0.1) is 0 Å². The Labute approximate surface area is 180 Å². The molecule has 1 N–H and O–H groups in total. The number of carbonyl (C=O) groups is 1. The number of aromatic amines is 1. The molecule has 1 aliphatic carbocycles. The lowest BCUT2D eigenvalue weighted by molar-refractivity contribution is -0.135. The molecule has 5 rings (SSSR count). The zero-order valence-corrected chi connectivity index (χ0v) is 17.6. The fraction of sp³-hybridized carbons (Fsp3) is 0.375. The van der Waals surface area contributed by atoms with Gasteiger partial charge in [-0.2, -0.15) is 5.10 Å². The second-order valence-corrected chi connectivity index (χ2v) is 8.44. The van der Waals surface area contributed by atoms with E-state index in [0.717, 1.165) is 48.5 Å². The minimum atomic E-state index is -0.377. The van der Waals surface area contributed by atoms with Crippen molar-refractivity contribution in [3.8, 4) is 11.4 Å². The van der Waals surface area contributed by atoms with Crippen LogP contribution in [0.3, 0.4) is 0 Å². The minimum absolute atomic E-state index is 0.138. The smallest absolute Gasteiger partial charge is 0.347 e. The van der Waals surface area contributed by atoms with Gasteiger partial charge >= 0.3 is 5.69 Å². The summed E-state index contributed by atoms with van der Waals surface area (Å²) in [5, 5.41) is 6.92. The molecule has 1 aliphatic heterocycles. The topological polar surface area (TPSA) is 80.2 Å². The van der Waals surface area contributed by atoms with Crippen LogP contribution < -0.4 is 10.4 Å². The molecule has 1 saturated carbocycles. The minimum Gasteiger partial charge on any atom is -0.497 e. The van der Waals surface area contributed by atoms with Gasteiger partial charge in [0.05, 0.1) is 18.2 Å². The quantitative estimate of drug-likeness (QED) is 0.691. The number of amides is 1. The summed E-state index contributed by atoms with van der Waals surface area (Å²) in [4.78, 5) is 27.8. The van der Waals surface area contributed by atoms with Gasteiger partial charge in [-0.25, -0.2) is 14.5 Å². The van der Waals surface area contributed by atoms with E-state index in [-0.39, 0.29) is 22.9 Å². The van der Waals surface area contributed by atoms with Gasteiger partial charge in [0.15, 0.2) is 0 Å². The van der Waals surface area contributed by atoms with Gasteiger partial charge in [-0.3, -0.25) is 4.79 Å². The van der Waals surface area contributed by atoms with Crippen molar-refractivity contribution in [3.63, 3.8) is 0 Å². The van der Waals surface area contributed by atoms with E-state index in [2.05, 4.69) is 10.2 Å². The second kappa shape index (κ2) is 7.72. The summed E-state index contributed by atoms with van der Waals surface area (Å²) in [5.74, 6) is 1.91. The number of para-hydroxylation sites is 1. The number of nitrogens with one attached hydrogen (secondary N) is 1. The Morgan fingerprint density at radius 1 is 1.06 bits per heavy atom. The van der Waals surface area contributed by atoms with Crippen LogP contribution in [0.1, 0.15) is 43.0 Å². The average molecular weight is 418 g/mol. The fourth-order valence-electron chi connectivity index (χ4n) is 4.71. The van der Waals surface area contributed by atoms with E-state index in [1.807, 2.05) is 59.5 Å². The highest BCUT2D eigenvalue weighted by molar-refractivity contribution is 5.91. The van der Waals surface area contributed by atoms with Crippen LogP contribution in [0.2, 0.25) is 0 Å². The molecule has 1 amide bonds. The summed E-state index contributed by atoms with van der Waals surface area (Å²) < 4.78 is 6.90. The van der Waals surface area contributed by atoms with Gasteiger partial charge in [0.1, 0.15) is 11.6 Å². The number of rotatable bonds is 5. The largest absolute Gasteiger partial charge is 0.497 e. The molecule has 2 heterocycles. The van der Waals surface area contributed by atoms with Crippen LogP contribution in [0.4, 0.5) is 0 Å². The van der Waals surface area contributed by atoms with Crippen LogP contribution in [-0.4, -0.2) is 45.8 Å². The first-order valence-corrected chi connectivity index (χ1v) is 10.8. The van der Waals surface area contributed by atoms with Crippen molar-refractivity contribution < 1.29 is 9.53 Å². The first-order chi connectivity index (χ1) is 15.1. The van der Waals surface area contributed by atoms with E-state index in [1.165, 1.54) is 0 Å². The molecule has 31 heavy (non-hydrogen) atoms. The van der Waals surface area contributed by atoms with Crippen LogP contribution in [0.15, 0.2) is 59.4 Å². The summed E-state index contributed by atoms with van der Waals surface area (Å²) in [5.41, 5.74) is 1.28. The number of hydrogen-bond acceptors (Lipinski definition) is 4. The zero-order valence-electron chi connectivity index (χ0n) is 17.6. The summed E-state index contributed by atoms with van der Waals surface area (Å²) in [6.45, 7) is 1.36. The number of aromatic nitrogens is 3. The highest BCUT2D eigenvalue weighted by Crippen LogP contribution is 2.50.